The van der Waals surface area contributed by atoms with Crippen LogP contribution in [0.4, 0.5) is 5.82 Å². The number of hydrogen-bond donors (Lipinski definition) is 1. The molecule has 0 spiro atoms. The average Bonchev–Trinajstić information content (AvgIpc) is 2.74. The van der Waals surface area contributed by atoms with Crippen LogP contribution < -0.4 is 5.32 Å². The van der Waals surface area contributed by atoms with E-state index < -0.39 is 0 Å². The van der Waals surface area contributed by atoms with Crippen LogP contribution in [0.25, 0.3) is 5.65 Å². The van der Waals surface area contributed by atoms with Crippen LogP contribution in [-0.2, 0) is 4.74 Å². The summed E-state index contributed by atoms with van der Waals surface area (Å²) in [7, 11) is 0. The Hall–Kier alpha value is -1.76. The van der Waals surface area contributed by atoms with Crippen LogP contribution in [0.5, 0.6) is 0 Å². The zero-order valence-electron chi connectivity index (χ0n) is 9.29. The second kappa shape index (κ2) is 4.84. The van der Waals surface area contributed by atoms with Crippen molar-refractivity contribution < 1.29 is 4.74 Å². The quantitative estimate of drug-likeness (QED) is 0.786. The third-order valence-corrected chi connectivity index (χ3v) is 2.09. The Morgan fingerprint density at radius 3 is 3.19 bits per heavy atom. The van der Waals surface area contributed by atoms with E-state index in [0.717, 1.165) is 5.82 Å². The van der Waals surface area contributed by atoms with Gasteiger partial charge >= 0.3 is 0 Å². The lowest BCUT2D eigenvalue weighted by atomic mass is 10.4. The summed E-state index contributed by atoms with van der Waals surface area (Å²) in [6, 6.07) is 3.64. The zero-order chi connectivity index (χ0) is 11.4. The fraction of sp³-hybridized carbons (Fsp3) is 0.556. The highest BCUT2D eigenvalue weighted by atomic mass is 16.5. The molecule has 1 N–H and O–H groups in total. The van der Waals surface area contributed by atoms with E-state index >= 15 is 0 Å². The molecule has 0 aliphatic rings. The van der Waals surface area contributed by atoms with E-state index in [-0.39, 0.29) is 6.10 Å². The zero-order valence-corrected chi connectivity index (χ0v) is 9.29. The summed E-state index contributed by atoms with van der Waals surface area (Å²) in [6.45, 7) is 5.39. The van der Waals surface area contributed by atoms with Gasteiger partial charge in [-0.25, -0.2) is 0 Å². The minimum atomic E-state index is 0.149. The molecule has 0 radical (unpaired) electrons. The number of hydrogen-bond acceptors (Lipinski definition) is 6. The normalized spacial score (nSPS) is 12.9. The Morgan fingerprint density at radius 1 is 1.50 bits per heavy atom. The molecule has 86 valence electrons. The first-order valence-electron chi connectivity index (χ1n) is 5.20. The monoisotopic (exact) mass is 222 g/mol. The summed E-state index contributed by atoms with van der Waals surface area (Å²) in [5.74, 6) is 0.728. The fourth-order valence-corrected chi connectivity index (χ4v) is 1.34. The molecule has 16 heavy (non-hydrogen) atoms. The van der Waals surface area contributed by atoms with Gasteiger partial charge in [-0.3, -0.25) is 0 Å². The second-order valence-corrected chi connectivity index (χ2v) is 3.39. The first kappa shape index (κ1) is 10.7. The Balaban J connectivity index is 1.98. The molecule has 1 unspecified atom stereocenters. The van der Waals surface area contributed by atoms with Crippen molar-refractivity contribution in [3.8, 4) is 0 Å². The largest absolute Gasteiger partial charge is 0.377 e. The van der Waals surface area contributed by atoms with Gasteiger partial charge in [-0.2, -0.15) is 0 Å². The molecule has 0 saturated carbocycles. The van der Waals surface area contributed by atoms with Gasteiger partial charge in [0.15, 0.2) is 5.65 Å². The van der Waals surface area contributed by atoms with E-state index in [1.165, 1.54) is 4.63 Å². The summed E-state index contributed by atoms with van der Waals surface area (Å²) in [6.07, 6.45) is 0.149. The van der Waals surface area contributed by atoms with Crippen molar-refractivity contribution >= 4 is 11.5 Å². The molecule has 0 bridgehead atoms. The number of tetrazole rings is 1. The highest BCUT2D eigenvalue weighted by Gasteiger charge is 2.03. The summed E-state index contributed by atoms with van der Waals surface area (Å²) < 4.78 is 6.78. The van der Waals surface area contributed by atoms with Crippen LogP contribution in [-0.4, -0.2) is 44.5 Å². The van der Waals surface area contributed by atoms with Crippen LogP contribution in [0, 0.1) is 0 Å². The van der Waals surface area contributed by atoms with Crippen molar-refractivity contribution in [1.29, 1.82) is 0 Å². The Bertz CT molecular complexity index is 456. The Morgan fingerprint density at radius 2 is 2.38 bits per heavy atom. The van der Waals surface area contributed by atoms with Crippen molar-refractivity contribution in [3.63, 3.8) is 0 Å². The number of ether oxygens (including phenoxy) is 1. The molecule has 1 atom stereocenters. The molecule has 2 rings (SSSR count). The van der Waals surface area contributed by atoms with Gasteiger partial charge in [0.2, 0.25) is 0 Å². The van der Waals surface area contributed by atoms with E-state index in [1.807, 2.05) is 19.9 Å². The second-order valence-electron chi connectivity index (χ2n) is 3.39. The molecule has 0 aliphatic heterocycles. The van der Waals surface area contributed by atoms with Crippen molar-refractivity contribution in [2.75, 3.05) is 18.5 Å². The predicted molar refractivity (Wildman–Crippen MR) is 58.2 cm³/mol. The lowest BCUT2D eigenvalue weighted by molar-refractivity contribution is 0.0854. The van der Waals surface area contributed by atoms with Crippen LogP contribution in [0.1, 0.15) is 13.8 Å². The van der Waals surface area contributed by atoms with Crippen molar-refractivity contribution in [2.24, 2.45) is 0 Å². The highest BCUT2D eigenvalue weighted by Crippen LogP contribution is 2.03. The van der Waals surface area contributed by atoms with Crippen molar-refractivity contribution in [2.45, 2.75) is 20.0 Å². The standard InChI is InChI=1S/C9H14N6O/c1-3-16-7(2)6-10-8-4-5-9-11-13-14-15(9)12-8/h4-5,7H,3,6H2,1-2H3,(H,10,12). The third kappa shape index (κ3) is 2.43. The maximum absolute atomic E-state index is 5.40. The van der Waals surface area contributed by atoms with E-state index in [4.69, 9.17) is 4.74 Å². The van der Waals surface area contributed by atoms with E-state index in [0.29, 0.717) is 18.8 Å². The molecule has 2 aromatic heterocycles. The lowest BCUT2D eigenvalue weighted by Crippen LogP contribution is -2.20. The number of aromatic nitrogens is 5. The van der Waals surface area contributed by atoms with Gasteiger partial charge in [0.25, 0.3) is 0 Å². The SMILES string of the molecule is CCOC(C)CNc1ccc2nnnn2n1. The number of nitrogens with zero attached hydrogens (tertiary/aromatic N) is 5. The van der Waals surface area contributed by atoms with Gasteiger partial charge in [-0.05, 0) is 36.4 Å². The Labute approximate surface area is 92.8 Å². The van der Waals surface area contributed by atoms with Crippen molar-refractivity contribution in [1.82, 2.24) is 25.3 Å². The topological polar surface area (TPSA) is 77.2 Å². The summed E-state index contributed by atoms with van der Waals surface area (Å²) in [4.78, 5) is 0. The van der Waals surface area contributed by atoms with Gasteiger partial charge in [-0.1, -0.05) is 0 Å². The van der Waals surface area contributed by atoms with E-state index in [1.54, 1.807) is 6.07 Å². The van der Waals surface area contributed by atoms with Crippen LogP contribution in [0.15, 0.2) is 12.1 Å². The number of fused-ring (bicyclic) bond motifs is 1. The fourth-order valence-electron chi connectivity index (χ4n) is 1.34. The molecule has 0 amide bonds. The molecule has 7 heteroatoms. The van der Waals surface area contributed by atoms with Crippen LogP contribution in [0.2, 0.25) is 0 Å². The minimum Gasteiger partial charge on any atom is -0.377 e. The predicted octanol–water partition coefficient (Wildman–Crippen LogP) is 0.356. The van der Waals surface area contributed by atoms with Gasteiger partial charge in [-0.15, -0.1) is 14.8 Å². The summed E-state index contributed by atoms with van der Waals surface area (Å²) in [5, 5.41) is 18.3. The Kier molecular flexibility index (Phi) is 3.25. The highest BCUT2D eigenvalue weighted by molar-refractivity contribution is 5.42. The molecule has 2 aromatic rings. The number of rotatable bonds is 5. The van der Waals surface area contributed by atoms with E-state index in [2.05, 4.69) is 25.9 Å². The molecular weight excluding hydrogens is 208 g/mol. The molecule has 0 aliphatic carbocycles. The molecule has 2 heterocycles. The average molecular weight is 222 g/mol. The number of anilines is 1. The summed E-state index contributed by atoms with van der Waals surface area (Å²) >= 11 is 0. The van der Waals surface area contributed by atoms with Gasteiger partial charge in [0.05, 0.1) is 6.10 Å². The van der Waals surface area contributed by atoms with E-state index in [9.17, 15) is 0 Å². The smallest absolute Gasteiger partial charge is 0.200 e. The van der Waals surface area contributed by atoms with Gasteiger partial charge in [0.1, 0.15) is 5.82 Å². The first-order chi connectivity index (χ1) is 7.79. The molecule has 0 saturated heterocycles. The van der Waals surface area contributed by atoms with Crippen LogP contribution in [0.3, 0.4) is 0 Å². The third-order valence-electron chi connectivity index (χ3n) is 2.09. The van der Waals surface area contributed by atoms with Gasteiger partial charge in [0, 0.05) is 13.2 Å². The maximum Gasteiger partial charge on any atom is 0.200 e. The maximum atomic E-state index is 5.40. The van der Waals surface area contributed by atoms with Crippen LogP contribution >= 0.6 is 0 Å². The molecule has 0 aromatic carbocycles. The molecular formula is C9H14N6O. The number of nitrogens with one attached hydrogen (secondary N) is 1. The van der Waals surface area contributed by atoms with Gasteiger partial charge < -0.3 is 10.1 Å². The summed E-state index contributed by atoms with van der Waals surface area (Å²) in [5.41, 5.74) is 0.628. The minimum absolute atomic E-state index is 0.149. The molecule has 0 fully saturated rings. The lowest BCUT2D eigenvalue weighted by Gasteiger charge is -2.12. The molecule has 7 nitrogen and oxygen atoms in total. The van der Waals surface area contributed by atoms with Crippen molar-refractivity contribution in [3.05, 3.63) is 12.1 Å². The first-order valence-corrected chi connectivity index (χ1v) is 5.20.